The lowest BCUT2D eigenvalue weighted by molar-refractivity contribution is -0.195. The molecule has 4 rings (SSSR count). The van der Waals surface area contributed by atoms with Crippen molar-refractivity contribution in [2.75, 3.05) is 37.9 Å². The number of nitrogens with zero attached hydrogens (tertiary/aromatic N) is 7. The quantitative estimate of drug-likeness (QED) is 0.0803. The van der Waals surface area contributed by atoms with E-state index in [0.717, 1.165) is 19.4 Å². The number of fused-ring (bicyclic) bond motifs is 1. The summed E-state index contributed by atoms with van der Waals surface area (Å²) in [5, 5.41) is 16.9. The van der Waals surface area contributed by atoms with Crippen LogP contribution in [0.5, 0.6) is 0 Å². The lowest BCUT2D eigenvalue weighted by Gasteiger charge is -2.49. The summed E-state index contributed by atoms with van der Waals surface area (Å²) >= 11 is 4.01. The lowest BCUT2D eigenvalue weighted by atomic mass is 10.0. The first-order valence-electron chi connectivity index (χ1n) is 15.1. The third kappa shape index (κ3) is 9.19. The molecule has 0 aliphatic carbocycles. The number of nitrogens with one attached hydrogen (secondary N) is 1. The van der Waals surface area contributed by atoms with Crippen LogP contribution >= 0.6 is 34.9 Å². The Morgan fingerprint density at radius 3 is 2.70 bits per heavy atom. The Morgan fingerprint density at radius 2 is 2.02 bits per heavy atom. The zero-order valence-corrected chi connectivity index (χ0v) is 29.1. The van der Waals surface area contributed by atoms with Crippen molar-refractivity contribution in [1.82, 2.24) is 40.3 Å². The van der Waals surface area contributed by atoms with Crippen LogP contribution in [0.2, 0.25) is 0 Å². The number of tetrazole rings is 1. The highest BCUT2D eigenvalue weighted by atomic mass is 32.2. The van der Waals surface area contributed by atoms with Crippen molar-refractivity contribution in [1.29, 1.82) is 0 Å². The second-order valence-electron chi connectivity index (χ2n) is 11.5. The van der Waals surface area contributed by atoms with E-state index in [1.54, 1.807) is 23.9 Å². The van der Waals surface area contributed by atoms with E-state index in [1.807, 2.05) is 25.9 Å². The molecule has 252 valence electrons. The third-order valence-corrected chi connectivity index (χ3v) is 10.2. The fourth-order valence-corrected chi connectivity index (χ4v) is 7.58. The molecular formula is C28H41N9O6S3. The Morgan fingerprint density at radius 1 is 1.24 bits per heavy atom. The number of ether oxygens (including phenoxy) is 2. The van der Waals surface area contributed by atoms with Crippen molar-refractivity contribution in [3.05, 3.63) is 22.3 Å². The predicted molar refractivity (Wildman–Crippen MR) is 174 cm³/mol. The van der Waals surface area contributed by atoms with E-state index in [2.05, 4.69) is 25.8 Å². The number of thiazole rings is 1. The Kier molecular flexibility index (Phi) is 12.8. The van der Waals surface area contributed by atoms with Crippen LogP contribution < -0.4 is 11.1 Å². The summed E-state index contributed by atoms with van der Waals surface area (Å²) in [7, 11) is 3.91. The molecule has 2 aromatic heterocycles. The molecule has 15 nitrogen and oxygen atoms in total. The topological polar surface area (TPSA) is 188 Å². The molecule has 3 N–H and O–H groups in total. The van der Waals surface area contributed by atoms with Crippen molar-refractivity contribution < 1.29 is 28.7 Å². The van der Waals surface area contributed by atoms with Crippen molar-refractivity contribution in [2.45, 2.75) is 82.3 Å². The summed E-state index contributed by atoms with van der Waals surface area (Å²) in [5.41, 5.74) is 6.92. The summed E-state index contributed by atoms with van der Waals surface area (Å²) in [4.78, 5) is 60.1. The number of likely N-dealkylation sites (N-methyl/N-ethyl adjacent to an activating group) is 1. The maximum Gasteiger partial charge on any atom is 0.358 e. The largest absolute Gasteiger partial charge is 0.425 e. The van der Waals surface area contributed by atoms with Gasteiger partial charge in [-0.3, -0.25) is 19.3 Å². The van der Waals surface area contributed by atoms with Gasteiger partial charge in [-0.1, -0.05) is 45.4 Å². The minimum atomic E-state index is -1.13. The number of carbonyl (C=O) groups excluding carboxylic acids is 4. The van der Waals surface area contributed by atoms with Crippen molar-refractivity contribution >= 4 is 63.7 Å². The van der Waals surface area contributed by atoms with Crippen molar-refractivity contribution in [3.63, 3.8) is 0 Å². The average molecular weight is 696 g/mol. The van der Waals surface area contributed by atoms with E-state index in [-0.39, 0.29) is 30.4 Å². The lowest BCUT2D eigenvalue weighted by Crippen LogP contribution is -2.70. The van der Waals surface area contributed by atoms with Crippen LogP contribution in [0, 0.1) is 5.92 Å². The molecule has 3 atom stereocenters. The summed E-state index contributed by atoms with van der Waals surface area (Å²) in [5.74, 6) is -1.67. The zero-order valence-electron chi connectivity index (χ0n) is 26.6. The van der Waals surface area contributed by atoms with Gasteiger partial charge in [0.1, 0.15) is 17.1 Å². The fraction of sp³-hybridized carbons (Fsp3) is 0.643. The number of aromatic nitrogens is 5. The molecule has 0 spiro atoms. The smallest absolute Gasteiger partial charge is 0.358 e. The van der Waals surface area contributed by atoms with E-state index in [9.17, 15) is 19.2 Å². The van der Waals surface area contributed by atoms with Crippen LogP contribution in [0.1, 0.15) is 52.1 Å². The van der Waals surface area contributed by atoms with Gasteiger partial charge in [0.15, 0.2) is 5.13 Å². The second kappa shape index (κ2) is 16.6. The molecule has 1 fully saturated rings. The first kappa shape index (κ1) is 35.6. The predicted octanol–water partition coefficient (Wildman–Crippen LogP) is 1.91. The standard InChI is InChI=1S/C28H41N9O6S3/c1-6-7-8-9-20(39)42-26(16(2)3)43-25(41)22-17(14-46-28-32-33-34-36(28)11-10-35(4)5)13-44-24-21(23(40)37(22)24)31-19(38)12-18-15-45-27(29)30-18/h15-16,21,24,26H,6-14H2,1-5H3,(H2,29,30)(H,31,38)/t21-,24-,26?/m1/s1. The number of amides is 2. The molecule has 46 heavy (non-hydrogen) atoms. The van der Waals surface area contributed by atoms with Gasteiger partial charge in [-0.25, -0.2) is 14.5 Å². The number of thioether (sulfide) groups is 2. The number of unbranched alkanes of at least 4 members (excludes halogenated alkanes) is 2. The van der Waals surface area contributed by atoms with E-state index in [4.69, 9.17) is 15.2 Å². The molecule has 2 amide bonds. The summed E-state index contributed by atoms with van der Waals surface area (Å²) in [6, 6.07) is -0.832. The number of hydrogen-bond donors (Lipinski definition) is 2. The molecule has 4 heterocycles. The number of nitrogens with two attached hydrogens (primary N) is 1. The number of carbonyl (C=O) groups is 4. The molecule has 0 bridgehead atoms. The van der Waals surface area contributed by atoms with Gasteiger partial charge in [-0.15, -0.1) is 28.2 Å². The highest BCUT2D eigenvalue weighted by Gasteiger charge is 2.54. The third-order valence-electron chi connectivity index (χ3n) is 7.10. The van der Waals surface area contributed by atoms with Crippen LogP contribution in [-0.4, -0.2) is 109 Å². The second-order valence-corrected chi connectivity index (χ2v) is 14.4. The molecule has 1 unspecified atom stereocenters. The Labute approximate surface area is 280 Å². The van der Waals surface area contributed by atoms with E-state index < -0.39 is 35.6 Å². The van der Waals surface area contributed by atoms with Gasteiger partial charge >= 0.3 is 11.9 Å². The number of esters is 2. The minimum Gasteiger partial charge on any atom is -0.425 e. The van der Waals surface area contributed by atoms with Crippen molar-refractivity contribution in [2.24, 2.45) is 5.92 Å². The van der Waals surface area contributed by atoms with Gasteiger partial charge in [0, 0.05) is 35.8 Å². The number of rotatable bonds is 17. The molecule has 2 aliphatic heterocycles. The SMILES string of the molecule is CCCCCC(=O)OC(OC(=O)C1=C(CSc2nnnn2CCN(C)C)CS[C@@H]2[C@H](NC(=O)Cc3csc(N)n3)C(=O)N12)C(C)C. The Balaban J connectivity index is 1.52. The average Bonchev–Trinajstić information content (AvgIpc) is 3.64. The van der Waals surface area contributed by atoms with Gasteiger partial charge in [0.2, 0.25) is 17.4 Å². The zero-order chi connectivity index (χ0) is 33.4. The molecule has 0 radical (unpaired) electrons. The molecule has 2 aromatic rings. The van der Waals surface area contributed by atoms with Crippen molar-refractivity contribution in [3.8, 4) is 0 Å². The highest BCUT2D eigenvalue weighted by molar-refractivity contribution is 8.01. The molecule has 0 aromatic carbocycles. The molecule has 0 saturated carbocycles. The summed E-state index contributed by atoms with van der Waals surface area (Å²) < 4.78 is 13.0. The van der Waals surface area contributed by atoms with Gasteiger partial charge in [-0.2, -0.15) is 0 Å². The summed E-state index contributed by atoms with van der Waals surface area (Å²) in [6.45, 7) is 6.91. The normalized spacial score (nSPS) is 18.4. The van der Waals surface area contributed by atoms with Gasteiger partial charge in [0.05, 0.1) is 18.7 Å². The van der Waals surface area contributed by atoms with E-state index in [0.29, 0.717) is 46.0 Å². The number of nitrogen functional groups attached to an aromatic ring is 1. The van der Waals surface area contributed by atoms with Crippen LogP contribution in [0.4, 0.5) is 5.13 Å². The van der Waals surface area contributed by atoms with Gasteiger partial charge in [-0.05, 0) is 36.5 Å². The van der Waals surface area contributed by atoms with Crippen LogP contribution in [-0.2, 0) is 41.6 Å². The maximum atomic E-state index is 13.8. The van der Waals surface area contributed by atoms with Crippen LogP contribution in [0.3, 0.4) is 0 Å². The Bertz CT molecular complexity index is 1430. The first-order valence-corrected chi connectivity index (χ1v) is 18.0. The molecule has 18 heteroatoms. The monoisotopic (exact) mass is 695 g/mol. The highest BCUT2D eigenvalue weighted by Crippen LogP contribution is 2.42. The van der Waals surface area contributed by atoms with Crippen LogP contribution in [0.15, 0.2) is 21.8 Å². The molecule has 1 saturated heterocycles. The Hall–Kier alpha value is -3.22. The van der Waals surface area contributed by atoms with E-state index >= 15 is 0 Å². The van der Waals surface area contributed by atoms with Crippen LogP contribution in [0.25, 0.3) is 0 Å². The number of hydrogen-bond acceptors (Lipinski definition) is 15. The maximum absolute atomic E-state index is 13.8. The number of β-lactam (4-membered cyclic amide) rings is 1. The van der Waals surface area contributed by atoms with Gasteiger partial charge < -0.3 is 25.4 Å². The molecular weight excluding hydrogens is 655 g/mol. The minimum absolute atomic E-state index is 0.0241. The fourth-order valence-electron chi connectivity index (χ4n) is 4.63. The van der Waals surface area contributed by atoms with Gasteiger partial charge in [0.25, 0.3) is 5.91 Å². The summed E-state index contributed by atoms with van der Waals surface area (Å²) in [6.07, 6.45) is 1.59. The molecule has 2 aliphatic rings. The first-order chi connectivity index (χ1) is 22.0. The van der Waals surface area contributed by atoms with E-state index in [1.165, 1.54) is 39.8 Å². The number of anilines is 1.